The van der Waals surface area contributed by atoms with E-state index in [0.29, 0.717) is 5.57 Å². The van der Waals surface area contributed by atoms with Crippen molar-refractivity contribution >= 4 is 6.29 Å². The van der Waals surface area contributed by atoms with Gasteiger partial charge in [0, 0.05) is 11.6 Å². The monoisotopic (exact) mass is 207 g/mol. The molecule has 0 aromatic heterocycles. The van der Waals surface area contributed by atoms with Crippen LogP contribution in [0.25, 0.3) is 0 Å². The molecule has 0 atom stereocenters. The summed E-state index contributed by atoms with van der Waals surface area (Å²) in [6, 6.07) is 0.949. The van der Waals surface area contributed by atoms with Crippen molar-refractivity contribution in [2.75, 3.05) is 13.6 Å². The Morgan fingerprint density at radius 3 is 2.20 bits per heavy atom. The Hall–Kier alpha value is -1.15. The van der Waals surface area contributed by atoms with Crippen LogP contribution >= 0.6 is 0 Å². The summed E-state index contributed by atoms with van der Waals surface area (Å²) < 4.78 is 0. The fourth-order valence-corrected chi connectivity index (χ4v) is 1.07. The van der Waals surface area contributed by atoms with E-state index in [1.807, 2.05) is 0 Å². The molecule has 2 nitrogen and oxygen atoms in total. The van der Waals surface area contributed by atoms with Crippen molar-refractivity contribution in [1.82, 2.24) is 4.90 Å². The molecule has 0 bridgehead atoms. The van der Waals surface area contributed by atoms with E-state index in [9.17, 15) is 4.79 Å². The SMILES string of the molecule is C=C/C=C(\C=C)C=O.CCN(C)C1CC1. The third-order valence-electron chi connectivity index (χ3n) is 2.35. The van der Waals surface area contributed by atoms with Gasteiger partial charge in [-0.3, -0.25) is 4.79 Å². The van der Waals surface area contributed by atoms with Gasteiger partial charge in [0.15, 0.2) is 0 Å². The van der Waals surface area contributed by atoms with Crippen LogP contribution in [0.1, 0.15) is 19.8 Å². The van der Waals surface area contributed by atoms with Crippen LogP contribution in [0.4, 0.5) is 0 Å². The second kappa shape index (κ2) is 8.18. The Balaban J connectivity index is 0.000000262. The Bertz CT molecular complexity index is 229. The van der Waals surface area contributed by atoms with E-state index in [1.165, 1.54) is 25.5 Å². The van der Waals surface area contributed by atoms with Crippen molar-refractivity contribution in [2.24, 2.45) is 0 Å². The molecule has 0 unspecified atom stereocenters. The molecule has 15 heavy (non-hydrogen) atoms. The molecule has 1 saturated carbocycles. The molecule has 0 amide bonds. The molecule has 1 aliphatic carbocycles. The first kappa shape index (κ1) is 13.8. The molecule has 1 aliphatic rings. The van der Waals surface area contributed by atoms with Gasteiger partial charge in [0.2, 0.25) is 0 Å². The number of hydrogen-bond donors (Lipinski definition) is 0. The molecule has 0 radical (unpaired) electrons. The summed E-state index contributed by atoms with van der Waals surface area (Å²) in [5.41, 5.74) is 0.556. The number of carbonyl (C=O) groups excluding carboxylic acids is 1. The number of hydrogen-bond acceptors (Lipinski definition) is 2. The van der Waals surface area contributed by atoms with Gasteiger partial charge in [0.25, 0.3) is 0 Å². The molecular formula is C13H21NO. The first-order valence-electron chi connectivity index (χ1n) is 5.30. The van der Waals surface area contributed by atoms with Crippen molar-refractivity contribution in [1.29, 1.82) is 0 Å². The highest BCUT2D eigenvalue weighted by atomic mass is 16.1. The van der Waals surface area contributed by atoms with E-state index in [4.69, 9.17) is 0 Å². The van der Waals surface area contributed by atoms with E-state index in [0.717, 1.165) is 12.3 Å². The molecule has 0 saturated heterocycles. The molecular weight excluding hydrogens is 186 g/mol. The van der Waals surface area contributed by atoms with E-state index in [1.54, 1.807) is 12.2 Å². The van der Waals surface area contributed by atoms with Gasteiger partial charge in [-0.1, -0.05) is 38.3 Å². The lowest BCUT2D eigenvalue weighted by molar-refractivity contribution is -0.104. The molecule has 1 fully saturated rings. The first-order valence-corrected chi connectivity index (χ1v) is 5.30. The predicted octanol–water partition coefficient (Wildman–Crippen LogP) is 2.58. The fourth-order valence-electron chi connectivity index (χ4n) is 1.07. The van der Waals surface area contributed by atoms with Gasteiger partial charge in [0.1, 0.15) is 6.29 Å². The zero-order chi connectivity index (χ0) is 11.7. The van der Waals surface area contributed by atoms with Crippen LogP contribution in [0, 0.1) is 0 Å². The van der Waals surface area contributed by atoms with E-state index >= 15 is 0 Å². The van der Waals surface area contributed by atoms with Crippen LogP contribution < -0.4 is 0 Å². The van der Waals surface area contributed by atoms with Crippen LogP contribution in [-0.2, 0) is 4.79 Å². The van der Waals surface area contributed by atoms with Crippen molar-refractivity contribution in [3.05, 3.63) is 37.0 Å². The van der Waals surface area contributed by atoms with Crippen LogP contribution in [0.2, 0.25) is 0 Å². The number of nitrogens with zero attached hydrogens (tertiary/aromatic N) is 1. The maximum Gasteiger partial charge on any atom is 0.150 e. The van der Waals surface area contributed by atoms with Crippen LogP contribution in [0.15, 0.2) is 37.0 Å². The molecule has 1 rings (SSSR count). The van der Waals surface area contributed by atoms with E-state index in [2.05, 4.69) is 32.0 Å². The molecule has 0 N–H and O–H groups in total. The molecule has 84 valence electrons. The van der Waals surface area contributed by atoms with Crippen molar-refractivity contribution < 1.29 is 4.79 Å². The Morgan fingerprint density at radius 2 is 2.07 bits per heavy atom. The molecule has 0 aromatic rings. The highest BCUT2D eigenvalue weighted by Gasteiger charge is 2.24. The second-order valence-electron chi connectivity index (χ2n) is 3.53. The molecule has 0 heterocycles. The highest BCUT2D eigenvalue weighted by molar-refractivity contribution is 5.77. The van der Waals surface area contributed by atoms with Gasteiger partial charge in [-0.15, -0.1) is 0 Å². The topological polar surface area (TPSA) is 20.3 Å². The maximum atomic E-state index is 9.94. The molecule has 0 aromatic carbocycles. The Morgan fingerprint density at radius 1 is 1.47 bits per heavy atom. The molecule has 0 aliphatic heterocycles. The van der Waals surface area contributed by atoms with E-state index in [-0.39, 0.29) is 0 Å². The minimum atomic E-state index is 0.556. The van der Waals surface area contributed by atoms with E-state index < -0.39 is 0 Å². The summed E-state index contributed by atoms with van der Waals surface area (Å²) in [7, 11) is 2.19. The smallest absolute Gasteiger partial charge is 0.150 e. The van der Waals surface area contributed by atoms with Gasteiger partial charge < -0.3 is 4.90 Å². The Kier molecular flexibility index (Phi) is 7.56. The lowest BCUT2D eigenvalue weighted by atomic mass is 10.3. The Labute approximate surface area is 93.0 Å². The average Bonchev–Trinajstić information content (AvgIpc) is 3.09. The zero-order valence-corrected chi connectivity index (χ0v) is 9.78. The second-order valence-corrected chi connectivity index (χ2v) is 3.53. The summed E-state index contributed by atoms with van der Waals surface area (Å²) in [6.45, 7) is 10.2. The minimum Gasteiger partial charge on any atom is -0.304 e. The number of aldehydes is 1. The largest absolute Gasteiger partial charge is 0.304 e. The quantitative estimate of drug-likeness (QED) is 0.392. The van der Waals surface area contributed by atoms with Crippen LogP contribution in [-0.4, -0.2) is 30.8 Å². The van der Waals surface area contributed by atoms with Gasteiger partial charge >= 0.3 is 0 Å². The normalized spacial score (nSPS) is 15.3. The molecule has 0 spiro atoms. The van der Waals surface area contributed by atoms with Gasteiger partial charge in [0.05, 0.1) is 0 Å². The zero-order valence-electron chi connectivity index (χ0n) is 9.78. The van der Waals surface area contributed by atoms with Crippen molar-refractivity contribution in [3.8, 4) is 0 Å². The summed E-state index contributed by atoms with van der Waals surface area (Å²) in [6.07, 6.45) is 8.23. The summed E-state index contributed by atoms with van der Waals surface area (Å²) in [4.78, 5) is 12.3. The summed E-state index contributed by atoms with van der Waals surface area (Å²) in [5, 5.41) is 0. The third kappa shape index (κ3) is 6.86. The predicted molar refractivity (Wildman–Crippen MR) is 65.9 cm³/mol. The van der Waals surface area contributed by atoms with Crippen molar-refractivity contribution in [3.63, 3.8) is 0 Å². The van der Waals surface area contributed by atoms with Crippen LogP contribution in [0.3, 0.4) is 0 Å². The van der Waals surface area contributed by atoms with Crippen LogP contribution in [0.5, 0.6) is 0 Å². The number of allylic oxidation sites excluding steroid dienone is 4. The van der Waals surface area contributed by atoms with Gasteiger partial charge in [-0.2, -0.15) is 0 Å². The van der Waals surface area contributed by atoms with Gasteiger partial charge in [-0.25, -0.2) is 0 Å². The fraction of sp³-hybridized carbons (Fsp3) is 0.462. The third-order valence-corrected chi connectivity index (χ3v) is 2.35. The number of rotatable bonds is 5. The van der Waals surface area contributed by atoms with Gasteiger partial charge in [-0.05, 0) is 26.4 Å². The molecule has 2 heteroatoms. The highest BCUT2D eigenvalue weighted by Crippen LogP contribution is 2.24. The average molecular weight is 207 g/mol. The maximum absolute atomic E-state index is 9.94. The lowest BCUT2D eigenvalue weighted by Crippen LogP contribution is -2.19. The lowest BCUT2D eigenvalue weighted by Gasteiger charge is -2.10. The summed E-state index contributed by atoms with van der Waals surface area (Å²) in [5.74, 6) is 0. The number of carbonyl (C=O) groups is 1. The minimum absolute atomic E-state index is 0.556. The first-order chi connectivity index (χ1) is 7.19. The standard InChI is InChI=1S/C7H8O.C6H13N/c1-3-5-7(4-2)6-8;1-3-7(2)6-4-5-6/h3-6H,1-2H2;6H,3-5H2,1-2H3/b7-5+;. The summed E-state index contributed by atoms with van der Waals surface area (Å²) >= 11 is 0. The van der Waals surface area contributed by atoms with Crippen molar-refractivity contribution in [2.45, 2.75) is 25.8 Å².